The van der Waals surface area contributed by atoms with E-state index in [1.54, 1.807) is 6.92 Å². The summed E-state index contributed by atoms with van der Waals surface area (Å²) in [7, 11) is 0. The molecule has 0 unspecified atom stereocenters. The highest BCUT2D eigenvalue weighted by Gasteiger charge is 2.16. The summed E-state index contributed by atoms with van der Waals surface area (Å²) in [4.78, 5) is 22.2. The van der Waals surface area contributed by atoms with Gasteiger partial charge >= 0.3 is 0 Å². The number of nitrogens with one attached hydrogen (secondary N) is 2. The van der Waals surface area contributed by atoms with E-state index in [4.69, 9.17) is 5.73 Å². The van der Waals surface area contributed by atoms with Gasteiger partial charge in [-0.15, -0.1) is 0 Å². The van der Waals surface area contributed by atoms with Crippen molar-refractivity contribution in [3.05, 3.63) is 0 Å². The lowest BCUT2D eigenvalue weighted by molar-refractivity contribution is -0.127. The van der Waals surface area contributed by atoms with Crippen molar-refractivity contribution in [1.29, 1.82) is 0 Å². The zero-order valence-electron chi connectivity index (χ0n) is 9.79. The summed E-state index contributed by atoms with van der Waals surface area (Å²) in [6.45, 7) is 3.69. The maximum Gasteiger partial charge on any atom is 0.239 e. The highest BCUT2D eigenvalue weighted by molar-refractivity contribution is 5.86. The third kappa shape index (κ3) is 4.61. The Hall–Kier alpha value is -1.10. The van der Waals surface area contributed by atoms with Gasteiger partial charge in [-0.3, -0.25) is 9.59 Å². The van der Waals surface area contributed by atoms with E-state index < -0.39 is 11.9 Å². The molecule has 0 aromatic rings. The summed E-state index contributed by atoms with van der Waals surface area (Å²) >= 11 is 0. The SMILES string of the molecule is C[C@H](NC(=O)CCC1CCNCC1)C(N)=O. The van der Waals surface area contributed by atoms with Gasteiger partial charge in [-0.2, -0.15) is 0 Å². The fourth-order valence-corrected chi connectivity index (χ4v) is 1.89. The third-order valence-electron chi connectivity index (χ3n) is 3.04. The Morgan fingerprint density at radius 2 is 2.06 bits per heavy atom. The van der Waals surface area contributed by atoms with Gasteiger partial charge in [0, 0.05) is 6.42 Å². The highest BCUT2D eigenvalue weighted by atomic mass is 16.2. The van der Waals surface area contributed by atoms with Crippen LogP contribution in [-0.2, 0) is 9.59 Å². The summed E-state index contributed by atoms with van der Waals surface area (Å²) in [5.74, 6) is 0.0657. The number of nitrogens with two attached hydrogens (primary N) is 1. The van der Waals surface area contributed by atoms with Gasteiger partial charge in [-0.05, 0) is 45.2 Å². The van der Waals surface area contributed by atoms with Crippen LogP contribution in [0, 0.1) is 5.92 Å². The van der Waals surface area contributed by atoms with Crippen molar-refractivity contribution in [2.75, 3.05) is 13.1 Å². The molecule has 0 saturated carbocycles. The number of carbonyl (C=O) groups is 2. The quantitative estimate of drug-likeness (QED) is 0.606. The van der Waals surface area contributed by atoms with Crippen molar-refractivity contribution in [2.45, 2.75) is 38.6 Å². The predicted octanol–water partition coefficient (Wildman–Crippen LogP) is -0.244. The smallest absolute Gasteiger partial charge is 0.239 e. The monoisotopic (exact) mass is 227 g/mol. The molecule has 0 aromatic carbocycles. The van der Waals surface area contributed by atoms with Crippen molar-refractivity contribution in [2.24, 2.45) is 11.7 Å². The van der Waals surface area contributed by atoms with Crippen LogP contribution >= 0.6 is 0 Å². The Labute approximate surface area is 96.1 Å². The number of hydrogen-bond donors (Lipinski definition) is 3. The highest BCUT2D eigenvalue weighted by Crippen LogP contribution is 2.17. The molecule has 5 nitrogen and oxygen atoms in total. The van der Waals surface area contributed by atoms with E-state index >= 15 is 0 Å². The average Bonchev–Trinajstić information content (AvgIpc) is 2.27. The summed E-state index contributed by atoms with van der Waals surface area (Å²) in [5, 5.41) is 5.88. The summed E-state index contributed by atoms with van der Waals surface area (Å²) in [6.07, 6.45) is 3.67. The molecule has 1 aliphatic rings. The Kier molecular flexibility index (Phi) is 5.25. The van der Waals surface area contributed by atoms with Gasteiger partial charge in [-0.1, -0.05) is 0 Å². The molecule has 2 amide bonds. The number of hydrogen-bond acceptors (Lipinski definition) is 3. The molecule has 1 heterocycles. The van der Waals surface area contributed by atoms with Crippen LogP contribution in [0.15, 0.2) is 0 Å². The number of primary amides is 1. The lowest BCUT2D eigenvalue weighted by atomic mass is 9.93. The predicted molar refractivity (Wildman–Crippen MR) is 61.6 cm³/mol. The molecule has 1 fully saturated rings. The minimum Gasteiger partial charge on any atom is -0.368 e. The first-order valence-corrected chi connectivity index (χ1v) is 5.89. The van der Waals surface area contributed by atoms with Gasteiger partial charge in [-0.25, -0.2) is 0 Å². The minimum absolute atomic E-state index is 0.0789. The fraction of sp³-hybridized carbons (Fsp3) is 0.818. The molecule has 0 spiro atoms. The molecule has 0 aliphatic carbocycles. The van der Waals surface area contributed by atoms with Gasteiger partial charge in [0.15, 0.2) is 0 Å². The van der Waals surface area contributed by atoms with E-state index in [-0.39, 0.29) is 5.91 Å². The molecule has 1 rings (SSSR count). The van der Waals surface area contributed by atoms with Gasteiger partial charge in [0.2, 0.25) is 11.8 Å². The Morgan fingerprint density at radius 3 is 2.62 bits per heavy atom. The van der Waals surface area contributed by atoms with Crippen LogP contribution in [0.3, 0.4) is 0 Å². The molecule has 5 heteroatoms. The molecule has 1 saturated heterocycles. The van der Waals surface area contributed by atoms with E-state index in [1.165, 1.54) is 0 Å². The molecule has 1 atom stereocenters. The number of amides is 2. The molecule has 0 bridgehead atoms. The fourth-order valence-electron chi connectivity index (χ4n) is 1.89. The van der Waals surface area contributed by atoms with Gasteiger partial charge in [0.25, 0.3) is 0 Å². The van der Waals surface area contributed by atoms with Crippen molar-refractivity contribution in [1.82, 2.24) is 10.6 Å². The lowest BCUT2D eigenvalue weighted by Crippen LogP contribution is -2.42. The Bertz CT molecular complexity index is 250. The summed E-state index contributed by atoms with van der Waals surface area (Å²) in [6, 6.07) is -0.569. The van der Waals surface area contributed by atoms with Crippen LogP contribution < -0.4 is 16.4 Å². The average molecular weight is 227 g/mol. The van der Waals surface area contributed by atoms with Crippen molar-refractivity contribution in [3.8, 4) is 0 Å². The molecule has 0 aromatic heterocycles. The maximum absolute atomic E-state index is 11.5. The van der Waals surface area contributed by atoms with E-state index in [0.717, 1.165) is 32.4 Å². The number of piperidine rings is 1. The van der Waals surface area contributed by atoms with Crippen LogP contribution in [0.25, 0.3) is 0 Å². The third-order valence-corrected chi connectivity index (χ3v) is 3.04. The first kappa shape index (κ1) is 13.0. The molecular weight excluding hydrogens is 206 g/mol. The maximum atomic E-state index is 11.5. The van der Waals surface area contributed by atoms with E-state index in [0.29, 0.717) is 12.3 Å². The first-order valence-electron chi connectivity index (χ1n) is 5.89. The second kappa shape index (κ2) is 6.48. The second-order valence-electron chi connectivity index (χ2n) is 4.42. The standard InChI is InChI=1S/C11H21N3O2/c1-8(11(12)16)14-10(15)3-2-9-4-6-13-7-5-9/h8-9,13H,2-7H2,1H3,(H2,12,16)(H,14,15)/t8-/m0/s1. The van der Waals surface area contributed by atoms with Crippen molar-refractivity contribution < 1.29 is 9.59 Å². The van der Waals surface area contributed by atoms with Gasteiger partial charge in [0.1, 0.15) is 6.04 Å². The first-order chi connectivity index (χ1) is 7.59. The van der Waals surface area contributed by atoms with E-state index in [9.17, 15) is 9.59 Å². The Morgan fingerprint density at radius 1 is 1.44 bits per heavy atom. The molecule has 4 N–H and O–H groups in total. The van der Waals surface area contributed by atoms with Crippen LogP contribution in [-0.4, -0.2) is 30.9 Å². The number of rotatable bonds is 5. The Balaban J connectivity index is 2.16. The molecule has 16 heavy (non-hydrogen) atoms. The zero-order valence-corrected chi connectivity index (χ0v) is 9.79. The summed E-state index contributed by atoms with van der Waals surface area (Å²) in [5.41, 5.74) is 5.06. The second-order valence-corrected chi connectivity index (χ2v) is 4.42. The van der Waals surface area contributed by atoms with E-state index in [1.807, 2.05) is 0 Å². The van der Waals surface area contributed by atoms with Crippen LogP contribution in [0.4, 0.5) is 0 Å². The summed E-state index contributed by atoms with van der Waals surface area (Å²) < 4.78 is 0. The van der Waals surface area contributed by atoms with Crippen LogP contribution in [0.2, 0.25) is 0 Å². The van der Waals surface area contributed by atoms with Gasteiger partial charge < -0.3 is 16.4 Å². The largest absolute Gasteiger partial charge is 0.368 e. The molecular formula is C11H21N3O2. The van der Waals surface area contributed by atoms with Crippen molar-refractivity contribution in [3.63, 3.8) is 0 Å². The van der Waals surface area contributed by atoms with Crippen molar-refractivity contribution >= 4 is 11.8 Å². The zero-order chi connectivity index (χ0) is 12.0. The normalized spacial score (nSPS) is 19.1. The molecule has 92 valence electrons. The van der Waals surface area contributed by atoms with E-state index in [2.05, 4.69) is 10.6 Å². The lowest BCUT2D eigenvalue weighted by Gasteiger charge is -2.22. The molecule has 0 radical (unpaired) electrons. The van der Waals surface area contributed by atoms with Crippen LogP contribution in [0.5, 0.6) is 0 Å². The van der Waals surface area contributed by atoms with Crippen LogP contribution in [0.1, 0.15) is 32.6 Å². The molecule has 1 aliphatic heterocycles. The minimum atomic E-state index is -0.569. The van der Waals surface area contributed by atoms with Gasteiger partial charge in [0.05, 0.1) is 0 Å². The number of carbonyl (C=O) groups excluding carboxylic acids is 2. The topological polar surface area (TPSA) is 84.2 Å².